The van der Waals surface area contributed by atoms with E-state index in [1.54, 1.807) is 0 Å². The second-order valence-electron chi connectivity index (χ2n) is 19.3. The molecule has 0 radical (unpaired) electrons. The van der Waals surface area contributed by atoms with Crippen LogP contribution in [0.5, 0.6) is 0 Å². The molecule has 9 nitrogen and oxygen atoms in total. The lowest BCUT2D eigenvalue weighted by atomic mass is 9.92. The lowest BCUT2D eigenvalue weighted by Crippen LogP contribution is -2.25. The highest BCUT2D eigenvalue weighted by Crippen LogP contribution is 2.58. The average molecular weight is 1030 g/mol. The molecule has 14 rings (SSSR count). The first-order chi connectivity index (χ1) is 39.7. The van der Waals surface area contributed by atoms with Gasteiger partial charge in [0, 0.05) is 56.1 Å². The van der Waals surface area contributed by atoms with Crippen LogP contribution in [0.25, 0.3) is 102 Å². The van der Waals surface area contributed by atoms with Crippen LogP contribution in [0, 0.1) is 0 Å². The van der Waals surface area contributed by atoms with Gasteiger partial charge in [-0.2, -0.15) is 0 Å². The molecule has 0 N–H and O–H groups in total. The zero-order valence-corrected chi connectivity index (χ0v) is 43.2. The average Bonchev–Trinajstić information content (AvgIpc) is 3.58. The number of hydrogen-bond donors (Lipinski definition) is 0. The van der Waals surface area contributed by atoms with Crippen molar-refractivity contribution in [2.45, 2.75) is 0 Å². The van der Waals surface area contributed by atoms with Crippen LogP contribution in [0.1, 0.15) is 0 Å². The zero-order valence-electron chi connectivity index (χ0n) is 43.2. The van der Waals surface area contributed by atoms with Gasteiger partial charge in [-0.1, -0.05) is 237 Å². The van der Waals surface area contributed by atoms with Crippen LogP contribution >= 0.6 is 0 Å². The lowest BCUT2D eigenvalue weighted by Gasteiger charge is -2.41. The Labute approximate surface area is 463 Å². The summed E-state index contributed by atoms with van der Waals surface area (Å²) < 4.78 is 0. The van der Waals surface area contributed by atoms with Crippen LogP contribution < -0.4 is 9.80 Å². The van der Waals surface area contributed by atoms with Crippen molar-refractivity contribution in [2.75, 3.05) is 9.80 Å². The van der Waals surface area contributed by atoms with Crippen molar-refractivity contribution in [3.63, 3.8) is 0 Å². The Hall–Kier alpha value is -11.0. The highest BCUT2D eigenvalue weighted by atomic mass is 15.3. The van der Waals surface area contributed by atoms with Crippen molar-refractivity contribution in [2.24, 2.45) is 0 Å². The summed E-state index contributed by atoms with van der Waals surface area (Å²) in [6.07, 6.45) is 0. The van der Waals surface area contributed by atoms with E-state index in [-0.39, 0.29) is 0 Å². The zero-order chi connectivity index (χ0) is 53.2. The maximum Gasteiger partial charge on any atom is 0.166 e. The molecule has 0 aliphatic carbocycles. The second-order valence-corrected chi connectivity index (χ2v) is 19.3. The van der Waals surface area contributed by atoms with Gasteiger partial charge in [0.2, 0.25) is 0 Å². The normalized spacial score (nSPS) is 11.7. The fraction of sp³-hybridized carbons (Fsp3) is 0. The van der Waals surface area contributed by atoms with Crippen molar-refractivity contribution in [1.29, 1.82) is 0 Å². The number of benzene rings is 10. The van der Waals surface area contributed by atoms with Crippen LogP contribution in [0.4, 0.5) is 34.3 Å². The maximum atomic E-state index is 5.50. The van der Waals surface area contributed by atoms with Crippen LogP contribution in [-0.2, 0) is 0 Å². The van der Waals surface area contributed by atoms with E-state index < -0.39 is 0 Å². The number of anilines is 6. The highest BCUT2D eigenvalue weighted by Gasteiger charge is 2.35. The summed E-state index contributed by atoms with van der Waals surface area (Å²) in [5, 5.41) is 0. The van der Waals surface area contributed by atoms with Crippen LogP contribution in [0.15, 0.2) is 285 Å². The number of para-hydroxylation sites is 4. The van der Waals surface area contributed by atoms with Crippen molar-refractivity contribution >= 4 is 34.3 Å². The molecule has 0 unspecified atom stereocenters. The van der Waals surface area contributed by atoms with Crippen molar-refractivity contribution in [1.82, 2.24) is 34.9 Å². The van der Waals surface area contributed by atoms with E-state index in [1.807, 2.05) is 133 Å². The van der Waals surface area contributed by atoms with Crippen LogP contribution in [-0.4, -0.2) is 34.9 Å². The third-order valence-corrected chi connectivity index (χ3v) is 14.3. The third kappa shape index (κ3) is 9.10. The minimum absolute atomic E-state index is 0.487. The molecule has 0 atom stereocenters. The fourth-order valence-electron chi connectivity index (χ4n) is 10.5. The fourth-order valence-corrected chi connectivity index (χ4v) is 10.5. The summed E-state index contributed by atoms with van der Waals surface area (Å²) in [6.45, 7) is 0. The first-order valence-electron chi connectivity index (χ1n) is 26.6. The maximum absolute atomic E-state index is 5.50. The molecule has 0 amide bonds. The Balaban J connectivity index is 1.07. The molecule has 3 aromatic heterocycles. The molecule has 0 bridgehead atoms. The summed E-state index contributed by atoms with van der Waals surface area (Å²) in [6, 6.07) is 97.5. The minimum Gasteiger partial charge on any atom is -0.305 e. The topological polar surface area (TPSA) is 96.7 Å². The molecule has 9 heteroatoms. The second kappa shape index (κ2) is 20.8. The Kier molecular flexibility index (Phi) is 12.3. The molecule has 4 heterocycles. The monoisotopic (exact) mass is 1030 g/mol. The van der Waals surface area contributed by atoms with E-state index in [0.29, 0.717) is 29.1 Å². The van der Waals surface area contributed by atoms with E-state index in [4.69, 9.17) is 34.9 Å². The Morgan fingerprint density at radius 3 is 0.925 bits per heavy atom. The molecular weight excluding hydrogens is 979 g/mol. The number of aromatic nitrogens is 7. The van der Waals surface area contributed by atoms with Gasteiger partial charge in [-0.15, -0.1) is 0 Å². The predicted octanol–water partition coefficient (Wildman–Crippen LogP) is 17.7. The van der Waals surface area contributed by atoms with Crippen molar-refractivity contribution in [3.05, 3.63) is 285 Å². The van der Waals surface area contributed by atoms with Gasteiger partial charge < -0.3 is 4.90 Å². The number of rotatable bonds is 11. The van der Waals surface area contributed by atoms with Gasteiger partial charge >= 0.3 is 0 Å². The Bertz CT molecular complexity index is 4120. The quantitative estimate of drug-likeness (QED) is 0.125. The van der Waals surface area contributed by atoms with E-state index in [9.17, 15) is 0 Å². The molecule has 13 aromatic rings. The van der Waals surface area contributed by atoms with E-state index in [1.165, 1.54) is 0 Å². The highest BCUT2D eigenvalue weighted by molar-refractivity contribution is 6.07. The molecule has 0 saturated carbocycles. The van der Waals surface area contributed by atoms with Gasteiger partial charge in [0.05, 0.1) is 45.5 Å². The SMILES string of the molecule is c1ccc(-c2cc(-c3cc(-c4ccccc4)c(N4c5ccccc5N(c5cc(-c6ccccc6)nc(-c6ccccc6)n5)c5ccccc54)c(-c4nc(-c5ccccc5)nc(-c5ccccc5)n4)c3)nc(-c3ccccc3)n2)cc1. The summed E-state index contributed by atoms with van der Waals surface area (Å²) in [7, 11) is 0. The standard InChI is InChI=1S/C71H47N9/c1-8-26-48(27-9-1)56-44-55(59-46-58(49-28-10-2-11-29-49)72-67(73-59)51-32-14-4-15-33-51)45-57(71-77-69(53-36-18-6-19-37-53)76-70(78-71)54-38-20-7-21-39-54)66(56)80-63-42-24-22-40-61(63)79(62-41-23-25-43-64(62)80)65-47-60(50-30-12-3-13-31-50)74-68(75-65)52-34-16-5-17-35-52/h1-47H. The smallest absolute Gasteiger partial charge is 0.166 e. The number of fused-ring (bicyclic) bond motifs is 2. The van der Waals surface area contributed by atoms with Crippen LogP contribution in [0.2, 0.25) is 0 Å². The summed E-state index contributed by atoms with van der Waals surface area (Å²) in [5.74, 6) is 3.54. The molecular formula is C71H47N9. The Morgan fingerprint density at radius 1 is 0.200 bits per heavy atom. The van der Waals surface area contributed by atoms with E-state index in [0.717, 1.165) is 107 Å². The van der Waals surface area contributed by atoms with Gasteiger partial charge in [-0.3, -0.25) is 4.90 Å². The molecule has 1 aliphatic heterocycles. The summed E-state index contributed by atoms with van der Waals surface area (Å²) in [4.78, 5) is 42.1. The van der Waals surface area contributed by atoms with Gasteiger partial charge in [-0.05, 0) is 48.0 Å². The first-order valence-corrected chi connectivity index (χ1v) is 26.6. The predicted molar refractivity (Wildman–Crippen MR) is 323 cm³/mol. The number of hydrogen-bond acceptors (Lipinski definition) is 9. The lowest BCUT2D eigenvalue weighted by molar-refractivity contribution is 1.07. The van der Waals surface area contributed by atoms with E-state index in [2.05, 4.69) is 161 Å². The van der Waals surface area contributed by atoms with Crippen molar-refractivity contribution in [3.8, 4) is 102 Å². The van der Waals surface area contributed by atoms with Gasteiger partial charge in [-0.25, -0.2) is 34.9 Å². The summed E-state index contributed by atoms with van der Waals surface area (Å²) in [5.41, 5.74) is 15.9. The molecule has 80 heavy (non-hydrogen) atoms. The van der Waals surface area contributed by atoms with Crippen molar-refractivity contribution < 1.29 is 0 Å². The molecule has 10 aromatic carbocycles. The van der Waals surface area contributed by atoms with Gasteiger partial charge in [0.25, 0.3) is 0 Å². The first kappa shape index (κ1) is 47.4. The molecule has 0 fully saturated rings. The largest absolute Gasteiger partial charge is 0.305 e. The molecule has 0 spiro atoms. The van der Waals surface area contributed by atoms with Gasteiger partial charge in [0.1, 0.15) is 5.82 Å². The van der Waals surface area contributed by atoms with Gasteiger partial charge in [0.15, 0.2) is 29.1 Å². The molecule has 1 aliphatic rings. The minimum atomic E-state index is 0.487. The third-order valence-electron chi connectivity index (χ3n) is 14.3. The molecule has 376 valence electrons. The van der Waals surface area contributed by atoms with Crippen LogP contribution in [0.3, 0.4) is 0 Å². The Morgan fingerprint density at radius 2 is 0.500 bits per heavy atom. The summed E-state index contributed by atoms with van der Waals surface area (Å²) >= 11 is 0. The number of nitrogens with zero attached hydrogens (tertiary/aromatic N) is 9. The molecule has 0 saturated heterocycles. The van der Waals surface area contributed by atoms with E-state index >= 15 is 0 Å².